The van der Waals surface area contributed by atoms with Crippen molar-refractivity contribution in [1.82, 2.24) is 0 Å². The fourth-order valence-electron chi connectivity index (χ4n) is 4.15. The molecule has 0 unspecified atom stereocenters. The summed E-state index contributed by atoms with van der Waals surface area (Å²) in [6, 6.07) is 18.2. The van der Waals surface area contributed by atoms with Crippen LogP contribution in [0.3, 0.4) is 0 Å². The molecule has 0 spiro atoms. The molecule has 0 radical (unpaired) electrons. The van der Waals surface area contributed by atoms with Crippen molar-refractivity contribution in [2.75, 3.05) is 0 Å². The minimum atomic E-state index is -0.920. The number of ether oxygens (including phenoxy) is 1. The van der Waals surface area contributed by atoms with E-state index < -0.39 is 5.97 Å². The van der Waals surface area contributed by atoms with Crippen molar-refractivity contribution in [2.24, 2.45) is 5.73 Å². The predicted octanol–water partition coefficient (Wildman–Crippen LogP) is 5.78. The zero-order valence-electron chi connectivity index (χ0n) is 18.0. The van der Waals surface area contributed by atoms with Crippen LogP contribution in [0.5, 0.6) is 5.75 Å². The lowest BCUT2D eigenvalue weighted by atomic mass is 9.98. The molecule has 1 saturated carbocycles. The Balaban J connectivity index is 1.55. The summed E-state index contributed by atoms with van der Waals surface area (Å²) < 4.78 is 27.4. The lowest BCUT2D eigenvalue weighted by Gasteiger charge is -2.13. The molecule has 6 heteroatoms. The van der Waals surface area contributed by atoms with Gasteiger partial charge in [0.2, 0.25) is 0 Å². The summed E-state index contributed by atoms with van der Waals surface area (Å²) in [4.78, 5) is 11.2. The first-order valence-corrected chi connectivity index (χ1v) is 11.0. The monoisotopic (exact) mass is 445 g/mol. The Kier molecular flexibility index (Phi) is 5.60. The molecule has 1 fully saturated rings. The van der Waals surface area contributed by atoms with E-state index in [9.17, 15) is 4.79 Å². The van der Waals surface area contributed by atoms with E-state index in [2.05, 4.69) is 0 Å². The zero-order chi connectivity index (χ0) is 22.9. The highest BCUT2D eigenvalue weighted by Gasteiger charge is 2.28. The number of rotatable bonds is 8. The molecule has 1 heterocycles. The molecular formula is C27H24FNO4. The summed E-state index contributed by atoms with van der Waals surface area (Å²) in [5.41, 5.74) is 9.36. The average molecular weight is 445 g/mol. The summed E-state index contributed by atoms with van der Waals surface area (Å²) in [7, 11) is 0. The van der Waals surface area contributed by atoms with Gasteiger partial charge < -0.3 is 20.0 Å². The van der Waals surface area contributed by atoms with E-state index in [1.807, 2.05) is 18.2 Å². The fourth-order valence-corrected chi connectivity index (χ4v) is 4.15. The summed E-state index contributed by atoms with van der Waals surface area (Å²) in [5, 5.41) is 10.1. The van der Waals surface area contributed by atoms with Crippen molar-refractivity contribution >= 4 is 16.9 Å². The van der Waals surface area contributed by atoms with Crippen LogP contribution in [0.2, 0.25) is 0 Å². The quantitative estimate of drug-likeness (QED) is 0.359. The summed E-state index contributed by atoms with van der Waals surface area (Å²) in [6.07, 6.45) is 2.08. The van der Waals surface area contributed by atoms with Crippen LogP contribution in [0.1, 0.15) is 41.2 Å². The van der Waals surface area contributed by atoms with Gasteiger partial charge in [0.05, 0.1) is 6.42 Å². The Labute approximate surface area is 190 Å². The first kappa shape index (κ1) is 21.2. The third kappa shape index (κ3) is 4.34. The molecule has 0 amide bonds. The SMILES string of the molecule is NCc1cccc(-c2cc(COc3ccccc3CC(=O)O)cc3cc(C4CC4)oc23)c1F. The maximum atomic E-state index is 15.2. The molecule has 5 nitrogen and oxygen atoms in total. The Morgan fingerprint density at radius 2 is 1.85 bits per heavy atom. The lowest BCUT2D eigenvalue weighted by molar-refractivity contribution is -0.136. The van der Waals surface area contributed by atoms with Gasteiger partial charge in [0, 0.05) is 40.1 Å². The number of furan rings is 1. The fraction of sp³-hybridized carbons (Fsp3) is 0.222. The summed E-state index contributed by atoms with van der Waals surface area (Å²) in [6.45, 7) is 0.319. The first-order chi connectivity index (χ1) is 16.0. The Hall–Kier alpha value is -3.64. The molecule has 168 valence electrons. The number of carboxylic acids is 1. The van der Waals surface area contributed by atoms with E-state index in [1.54, 1.807) is 42.5 Å². The van der Waals surface area contributed by atoms with Gasteiger partial charge in [-0.15, -0.1) is 0 Å². The minimum absolute atomic E-state index is 0.109. The Morgan fingerprint density at radius 3 is 2.61 bits per heavy atom. The lowest BCUT2D eigenvalue weighted by Crippen LogP contribution is -2.04. The number of hydrogen-bond acceptors (Lipinski definition) is 4. The van der Waals surface area contributed by atoms with Crippen LogP contribution in [-0.2, 0) is 24.4 Å². The van der Waals surface area contributed by atoms with Gasteiger partial charge >= 0.3 is 5.97 Å². The van der Waals surface area contributed by atoms with Crippen molar-refractivity contribution < 1.29 is 23.4 Å². The van der Waals surface area contributed by atoms with E-state index >= 15 is 4.39 Å². The van der Waals surface area contributed by atoms with Gasteiger partial charge in [0.15, 0.2) is 0 Å². The number of benzene rings is 3. The highest BCUT2D eigenvalue weighted by Crippen LogP contribution is 2.44. The van der Waals surface area contributed by atoms with Crippen LogP contribution >= 0.6 is 0 Å². The molecule has 4 aromatic rings. The van der Waals surface area contributed by atoms with Crippen molar-refractivity contribution in [2.45, 2.75) is 38.3 Å². The number of aliphatic carboxylic acids is 1. The van der Waals surface area contributed by atoms with Crippen LogP contribution in [0.25, 0.3) is 22.1 Å². The van der Waals surface area contributed by atoms with Crippen molar-refractivity contribution in [3.8, 4) is 16.9 Å². The Bertz CT molecular complexity index is 1340. The smallest absolute Gasteiger partial charge is 0.307 e. The number of nitrogens with two attached hydrogens (primary N) is 1. The molecule has 1 aromatic heterocycles. The molecule has 3 N–H and O–H groups in total. The number of fused-ring (bicyclic) bond motifs is 1. The van der Waals surface area contributed by atoms with Crippen molar-refractivity contribution in [1.29, 1.82) is 0 Å². The second kappa shape index (κ2) is 8.71. The van der Waals surface area contributed by atoms with Crippen LogP contribution < -0.4 is 10.5 Å². The first-order valence-electron chi connectivity index (χ1n) is 11.0. The highest BCUT2D eigenvalue weighted by atomic mass is 19.1. The Morgan fingerprint density at radius 1 is 1.06 bits per heavy atom. The van der Waals surface area contributed by atoms with Crippen LogP contribution in [0.4, 0.5) is 4.39 Å². The van der Waals surface area contributed by atoms with E-state index in [0.717, 1.165) is 29.6 Å². The van der Waals surface area contributed by atoms with E-state index in [-0.39, 0.29) is 25.4 Å². The molecular weight excluding hydrogens is 421 g/mol. The molecule has 0 saturated heterocycles. The van der Waals surface area contributed by atoms with Gasteiger partial charge in [-0.1, -0.05) is 36.4 Å². The van der Waals surface area contributed by atoms with Gasteiger partial charge in [0.1, 0.15) is 29.5 Å². The largest absolute Gasteiger partial charge is 0.489 e. The van der Waals surface area contributed by atoms with Gasteiger partial charge in [-0.05, 0) is 42.7 Å². The second-order valence-corrected chi connectivity index (χ2v) is 8.43. The third-order valence-corrected chi connectivity index (χ3v) is 5.97. The number of halogens is 1. The average Bonchev–Trinajstić information content (AvgIpc) is 3.57. The zero-order valence-corrected chi connectivity index (χ0v) is 18.0. The van der Waals surface area contributed by atoms with Gasteiger partial charge in [-0.25, -0.2) is 4.39 Å². The number of para-hydroxylation sites is 1. The highest BCUT2D eigenvalue weighted by molar-refractivity contribution is 5.94. The molecule has 3 aromatic carbocycles. The van der Waals surface area contributed by atoms with Gasteiger partial charge in [-0.2, -0.15) is 0 Å². The summed E-state index contributed by atoms with van der Waals surface area (Å²) in [5.74, 6) is 0.592. The maximum Gasteiger partial charge on any atom is 0.307 e. The molecule has 5 rings (SSSR count). The number of hydrogen-bond donors (Lipinski definition) is 2. The maximum absolute atomic E-state index is 15.2. The van der Waals surface area contributed by atoms with Crippen LogP contribution in [-0.4, -0.2) is 11.1 Å². The second-order valence-electron chi connectivity index (χ2n) is 8.43. The minimum Gasteiger partial charge on any atom is -0.489 e. The van der Waals surface area contributed by atoms with Crippen molar-refractivity contribution in [3.05, 3.63) is 88.9 Å². The van der Waals surface area contributed by atoms with E-state index in [1.165, 1.54) is 0 Å². The molecule has 1 aliphatic rings. The molecule has 1 aliphatic carbocycles. The van der Waals surface area contributed by atoms with E-state index in [4.69, 9.17) is 20.0 Å². The van der Waals surface area contributed by atoms with Crippen LogP contribution in [0, 0.1) is 5.82 Å². The molecule has 0 atom stereocenters. The van der Waals surface area contributed by atoms with Crippen LogP contribution in [0.15, 0.2) is 65.1 Å². The predicted molar refractivity (Wildman–Crippen MR) is 124 cm³/mol. The number of carbonyl (C=O) groups is 1. The topological polar surface area (TPSA) is 85.7 Å². The molecule has 0 bridgehead atoms. The molecule has 0 aliphatic heterocycles. The standard InChI is InChI=1S/C27H24FNO4/c28-26-19(14-29)5-3-6-21(26)22-11-16(10-20-12-24(17-8-9-17)33-27(20)22)15-32-23-7-2-1-4-18(23)13-25(30)31/h1-7,10-12,17H,8-9,13-15,29H2,(H,30,31). The normalized spacial score (nSPS) is 13.4. The van der Waals surface area contributed by atoms with Gasteiger partial charge in [0.25, 0.3) is 0 Å². The van der Waals surface area contributed by atoms with Crippen molar-refractivity contribution in [3.63, 3.8) is 0 Å². The molecule has 33 heavy (non-hydrogen) atoms. The van der Waals surface area contributed by atoms with E-state index in [0.29, 0.717) is 39.5 Å². The number of carboxylic acid groups (broad SMARTS) is 1. The summed E-state index contributed by atoms with van der Waals surface area (Å²) >= 11 is 0. The van der Waals surface area contributed by atoms with Gasteiger partial charge in [-0.3, -0.25) is 4.79 Å². The third-order valence-electron chi connectivity index (χ3n) is 5.97.